The highest BCUT2D eigenvalue weighted by atomic mass is 79.9. The number of nitrogens with zero attached hydrogens (tertiary/aromatic N) is 1. The van der Waals surface area contributed by atoms with Crippen molar-refractivity contribution in [2.24, 2.45) is 5.73 Å². The van der Waals surface area contributed by atoms with Gasteiger partial charge in [0, 0.05) is 33.9 Å². The van der Waals surface area contributed by atoms with Gasteiger partial charge in [0.2, 0.25) is 0 Å². The van der Waals surface area contributed by atoms with Crippen molar-refractivity contribution in [2.75, 3.05) is 13.1 Å². The van der Waals surface area contributed by atoms with E-state index < -0.39 is 0 Å². The number of thiophene rings is 1. The molecule has 1 fully saturated rings. The first-order valence-electron chi connectivity index (χ1n) is 7.57. The van der Waals surface area contributed by atoms with Gasteiger partial charge >= 0.3 is 0 Å². The maximum atomic E-state index is 6.48. The molecule has 1 saturated heterocycles. The normalized spacial score (nSPS) is 24.7. The molecule has 1 aromatic heterocycles. The Labute approximate surface area is 141 Å². The first-order chi connectivity index (χ1) is 9.63. The number of rotatable bonds is 4. The second-order valence-corrected chi connectivity index (χ2v) is 9.07. The van der Waals surface area contributed by atoms with Crippen molar-refractivity contribution in [2.45, 2.75) is 64.3 Å². The van der Waals surface area contributed by atoms with Crippen molar-refractivity contribution in [1.29, 1.82) is 0 Å². The zero-order valence-electron chi connectivity index (χ0n) is 13.6. The fraction of sp³-hybridized carbons (Fsp3) is 0.750. The van der Waals surface area contributed by atoms with E-state index in [1.807, 2.05) is 0 Å². The summed E-state index contributed by atoms with van der Waals surface area (Å²) in [5, 5.41) is 2.14. The second kappa shape index (κ2) is 6.28. The molecular formula is C16H27BrN2OS. The Morgan fingerprint density at radius 2 is 1.90 bits per heavy atom. The van der Waals surface area contributed by atoms with Crippen molar-refractivity contribution in [3.05, 3.63) is 20.8 Å². The van der Waals surface area contributed by atoms with Crippen LogP contribution >= 0.6 is 27.3 Å². The van der Waals surface area contributed by atoms with Gasteiger partial charge in [-0.15, -0.1) is 11.3 Å². The monoisotopic (exact) mass is 374 g/mol. The summed E-state index contributed by atoms with van der Waals surface area (Å²) < 4.78 is 7.35. The highest BCUT2D eigenvalue weighted by Crippen LogP contribution is 2.38. The lowest BCUT2D eigenvalue weighted by atomic mass is 9.94. The van der Waals surface area contributed by atoms with E-state index in [9.17, 15) is 0 Å². The predicted molar refractivity (Wildman–Crippen MR) is 93.8 cm³/mol. The molecule has 0 radical (unpaired) electrons. The van der Waals surface area contributed by atoms with Gasteiger partial charge in [-0.3, -0.25) is 4.90 Å². The molecule has 1 aliphatic rings. The SMILES string of the molecule is CCC(N)C(c1cc(Br)cs1)N1CC(C)(C)OC(C)(C)C1. The molecule has 2 heterocycles. The molecule has 0 spiro atoms. The Hall–Kier alpha value is 0.0600. The first kappa shape index (κ1) is 17.4. The van der Waals surface area contributed by atoms with Gasteiger partial charge in [-0.05, 0) is 56.1 Å². The molecule has 5 heteroatoms. The highest BCUT2D eigenvalue weighted by molar-refractivity contribution is 9.10. The molecule has 0 bridgehead atoms. The van der Waals surface area contributed by atoms with Gasteiger partial charge in [0.15, 0.2) is 0 Å². The fourth-order valence-corrected chi connectivity index (χ4v) is 5.07. The van der Waals surface area contributed by atoms with Crippen LogP contribution < -0.4 is 5.73 Å². The van der Waals surface area contributed by atoms with E-state index in [4.69, 9.17) is 10.5 Å². The molecule has 0 aliphatic carbocycles. The summed E-state index contributed by atoms with van der Waals surface area (Å²) in [6.45, 7) is 12.6. The number of hydrogen-bond acceptors (Lipinski definition) is 4. The van der Waals surface area contributed by atoms with Crippen LogP contribution in [0, 0.1) is 0 Å². The number of nitrogens with two attached hydrogens (primary N) is 1. The molecule has 2 unspecified atom stereocenters. The highest BCUT2D eigenvalue weighted by Gasteiger charge is 2.42. The minimum absolute atomic E-state index is 0.139. The largest absolute Gasteiger partial charge is 0.367 e. The van der Waals surface area contributed by atoms with Crippen LogP contribution in [0.3, 0.4) is 0 Å². The van der Waals surface area contributed by atoms with Gasteiger partial charge in [-0.2, -0.15) is 0 Å². The molecule has 120 valence electrons. The molecule has 2 atom stereocenters. The standard InChI is InChI=1S/C16H27BrN2OS/c1-6-12(18)14(13-7-11(17)8-21-13)19-9-15(2,3)20-16(4,5)10-19/h7-8,12,14H,6,9-10,18H2,1-5H3. The van der Waals surface area contributed by atoms with Gasteiger partial charge in [0.05, 0.1) is 17.2 Å². The number of morpholine rings is 1. The molecule has 0 aromatic carbocycles. The summed E-state index contributed by atoms with van der Waals surface area (Å²) in [5.41, 5.74) is 6.17. The summed E-state index contributed by atoms with van der Waals surface area (Å²) in [7, 11) is 0. The van der Waals surface area contributed by atoms with Gasteiger partial charge in [0.1, 0.15) is 0 Å². The fourth-order valence-electron chi connectivity index (χ4n) is 3.41. The predicted octanol–water partition coefficient (Wildman–Crippen LogP) is 4.18. The van der Waals surface area contributed by atoms with E-state index >= 15 is 0 Å². The number of hydrogen-bond donors (Lipinski definition) is 1. The van der Waals surface area contributed by atoms with Crippen LogP contribution in [0.5, 0.6) is 0 Å². The summed E-state index contributed by atoms with van der Waals surface area (Å²) in [4.78, 5) is 3.85. The summed E-state index contributed by atoms with van der Waals surface area (Å²) in [5.74, 6) is 0. The van der Waals surface area contributed by atoms with E-state index in [0.717, 1.165) is 24.0 Å². The van der Waals surface area contributed by atoms with E-state index in [1.54, 1.807) is 11.3 Å². The Balaban J connectivity index is 2.32. The van der Waals surface area contributed by atoms with Crippen LogP contribution in [0.2, 0.25) is 0 Å². The molecule has 1 aliphatic heterocycles. The van der Waals surface area contributed by atoms with Crippen molar-refractivity contribution in [3.8, 4) is 0 Å². The topological polar surface area (TPSA) is 38.5 Å². The third kappa shape index (κ3) is 4.29. The van der Waals surface area contributed by atoms with Crippen molar-refractivity contribution in [1.82, 2.24) is 4.90 Å². The minimum atomic E-state index is -0.151. The molecule has 0 saturated carbocycles. The zero-order valence-corrected chi connectivity index (χ0v) is 16.1. The van der Waals surface area contributed by atoms with E-state index in [0.29, 0.717) is 0 Å². The average Bonchev–Trinajstić information content (AvgIpc) is 2.71. The quantitative estimate of drug-likeness (QED) is 0.858. The third-order valence-corrected chi connectivity index (χ3v) is 5.63. The molecule has 0 amide bonds. The number of halogens is 1. The summed E-state index contributed by atoms with van der Waals surface area (Å²) in [6, 6.07) is 2.61. The molecule has 2 N–H and O–H groups in total. The van der Waals surface area contributed by atoms with Crippen LogP contribution in [-0.4, -0.2) is 35.2 Å². The van der Waals surface area contributed by atoms with Gasteiger partial charge in [-0.1, -0.05) is 6.92 Å². The van der Waals surface area contributed by atoms with Crippen LogP contribution in [0.1, 0.15) is 52.0 Å². The molecule has 21 heavy (non-hydrogen) atoms. The van der Waals surface area contributed by atoms with E-state index in [-0.39, 0.29) is 23.3 Å². The van der Waals surface area contributed by atoms with Gasteiger partial charge in [0.25, 0.3) is 0 Å². The average molecular weight is 375 g/mol. The first-order valence-corrected chi connectivity index (χ1v) is 9.24. The lowest BCUT2D eigenvalue weighted by molar-refractivity contribution is -0.189. The van der Waals surface area contributed by atoms with Crippen LogP contribution in [-0.2, 0) is 4.74 Å². The number of ether oxygens (including phenoxy) is 1. The van der Waals surface area contributed by atoms with E-state index in [1.165, 1.54) is 4.88 Å². The van der Waals surface area contributed by atoms with Crippen LogP contribution in [0.15, 0.2) is 15.9 Å². The molecule has 1 aromatic rings. The lowest BCUT2D eigenvalue weighted by Crippen LogP contribution is -2.59. The lowest BCUT2D eigenvalue weighted by Gasteiger charge is -2.50. The maximum Gasteiger partial charge on any atom is 0.0761 e. The second-order valence-electron chi connectivity index (χ2n) is 7.21. The van der Waals surface area contributed by atoms with Crippen molar-refractivity contribution in [3.63, 3.8) is 0 Å². The van der Waals surface area contributed by atoms with Crippen LogP contribution in [0.4, 0.5) is 0 Å². The van der Waals surface area contributed by atoms with Crippen molar-refractivity contribution < 1.29 is 4.74 Å². The van der Waals surface area contributed by atoms with Crippen molar-refractivity contribution >= 4 is 27.3 Å². The molecule has 3 nitrogen and oxygen atoms in total. The summed E-state index contributed by atoms with van der Waals surface area (Å²) in [6.07, 6.45) is 0.971. The smallest absolute Gasteiger partial charge is 0.0761 e. The van der Waals surface area contributed by atoms with Gasteiger partial charge in [-0.25, -0.2) is 0 Å². The Morgan fingerprint density at radius 3 is 2.33 bits per heavy atom. The maximum absolute atomic E-state index is 6.48. The third-order valence-electron chi connectivity index (χ3n) is 3.87. The van der Waals surface area contributed by atoms with E-state index in [2.05, 4.69) is 66.9 Å². The minimum Gasteiger partial charge on any atom is -0.367 e. The zero-order chi connectivity index (χ0) is 15.8. The summed E-state index contributed by atoms with van der Waals surface area (Å²) >= 11 is 5.35. The molecule has 2 rings (SSSR count). The van der Waals surface area contributed by atoms with Crippen LogP contribution in [0.25, 0.3) is 0 Å². The Kier molecular flexibility index (Phi) is 5.21. The Bertz CT molecular complexity index is 470. The molecular weight excluding hydrogens is 348 g/mol. The Morgan fingerprint density at radius 1 is 1.33 bits per heavy atom. The van der Waals surface area contributed by atoms with Gasteiger partial charge < -0.3 is 10.5 Å².